The number of aldehydes is 1. The number of carboxylic acids is 1. The lowest BCUT2D eigenvalue weighted by Gasteiger charge is -2.58. The van der Waals surface area contributed by atoms with Gasteiger partial charge < -0.3 is 19.4 Å². The van der Waals surface area contributed by atoms with Crippen LogP contribution in [-0.2, 0) is 19.1 Å². The highest BCUT2D eigenvalue weighted by molar-refractivity contribution is 5.90. The normalized spacial score (nSPS) is 47.1. The van der Waals surface area contributed by atoms with Gasteiger partial charge in [0.1, 0.15) is 11.7 Å². The van der Waals surface area contributed by atoms with Crippen molar-refractivity contribution in [2.24, 2.45) is 45.8 Å². The van der Waals surface area contributed by atoms with Gasteiger partial charge in [-0.3, -0.25) is 9.69 Å². The first-order valence-corrected chi connectivity index (χ1v) is 13.8. The molecule has 5 rings (SSSR count). The van der Waals surface area contributed by atoms with Crippen LogP contribution >= 0.6 is 0 Å². The van der Waals surface area contributed by atoms with E-state index in [0.717, 1.165) is 37.7 Å². The number of hydrogen-bond acceptors (Lipinski definition) is 5. The van der Waals surface area contributed by atoms with Crippen molar-refractivity contribution in [1.29, 1.82) is 0 Å². The van der Waals surface area contributed by atoms with Gasteiger partial charge in [-0.15, -0.1) is 0 Å². The number of fused-ring (bicyclic) bond motifs is 2. The van der Waals surface area contributed by atoms with Gasteiger partial charge >= 0.3 is 5.97 Å². The van der Waals surface area contributed by atoms with Crippen molar-refractivity contribution in [2.45, 2.75) is 92.1 Å². The van der Waals surface area contributed by atoms with E-state index in [1.807, 2.05) is 0 Å². The number of nitrogens with zero attached hydrogens (tertiary/aromatic N) is 1. The molecule has 0 radical (unpaired) electrons. The number of morpholine rings is 1. The number of allylic oxidation sites excluding steroid dienone is 1. The van der Waals surface area contributed by atoms with E-state index in [-0.39, 0.29) is 29.4 Å². The Morgan fingerprint density at radius 1 is 1.26 bits per heavy atom. The summed E-state index contributed by atoms with van der Waals surface area (Å²) in [6, 6.07) is 0. The molecular formula is C29H45NO5. The van der Waals surface area contributed by atoms with Gasteiger partial charge in [0.25, 0.3) is 0 Å². The lowest BCUT2D eigenvalue weighted by molar-refractivity contribution is -0.242. The molecule has 9 atom stereocenters. The summed E-state index contributed by atoms with van der Waals surface area (Å²) >= 11 is 0. The van der Waals surface area contributed by atoms with Crippen molar-refractivity contribution < 1.29 is 24.2 Å². The molecule has 5 aliphatic rings. The lowest BCUT2D eigenvalue weighted by atomic mass is 9.43. The van der Waals surface area contributed by atoms with E-state index in [4.69, 9.17) is 9.47 Å². The molecule has 0 aromatic rings. The van der Waals surface area contributed by atoms with Crippen LogP contribution in [0.3, 0.4) is 0 Å². The summed E-state index contributed by atoms with van der Waals surface area (Å²) in [4.78, 5) is 29.1. The second kappa shape index (κ2) is 8.13. The molecule has 0 aromatic carbocycles. The van der Waals surface area contributed by atoms with Crippen LogP contribution in [0.5, 0.6) is 0 Å². The van der Waals surface area contributed by atoms with E-state index in [1.54, 1.807) is 0 Å². The number of carbonyl (C=O) groups excluding carboxylic acids is 1. The first kappa shape index (κ1) is 25.4. The molecule has 0 spiro atoms. The maximum absolute atomic E-state index is 13.5. The Kier molecular flexibility index (Phi) is 5.90. The quantitative estimate of drug-likeness (QED) is 0.430. The molecule has 1 aliphatic heterocycles. The predicted molar refractivity (Wildman–Crippen MR) is 134 cm³/mol. The van der Waals surface area contributed by atoms with Crippen molar-refractivity contribution >= 4 is 12.3 Å². The number of ether oxygens (including phenoxy) is 2. The number of carbonyl (C=O) groups is 2. The van der Waals surface area contributed by atoms with Crippen LogP contribution in [0.4, 0.5) is 0 Å². The molecule has 196 valence electrons. The molecule has 3 saturated carbocycles. The van der Waals surface area contributed by atoms with Crippen LogP contribution < -0.4 is 0 Å². The molecule has 35 heavy (non-hydrogen) atoms. The predicted octanol–water partition coefficient (Wildman–Crippen LogP) is 4.77. The minimum atomic E-state index is -1.18. The molecule has 1 N–H and O–H groups in total. The van der Waals surface area contributed by atoms with Crippen molar-refractivity contribution in [2.75, 3.05) is 19.7 Å². The third-order valence-corrected chi connectivity index (χ3v) is 10.8. The van der Waals surface area contributed by atoms with E-state index in [2.05, 4.69) is 59.4 Å². The fourth-order valence-electron chi connectivity index (χ4n) is 9.43. The summed E-state index contributed by atoms with van der Waals surface area (Å²) in [5.41, 5.74) is -1.66. The van der Waals surface area contributed by atoms with E-state index in [9.17, 15) is 14.7 Å². The molecule has 0 amide bonds. The average Bonchev–Trinajstić information content (AvgIpc) is 3.34. The summed E-state index contributed by atoms with van der Waals surface area (Å²) < 4.78 is 12.8. The van der Waals surface area contributed by atoms with Crippen molar-refractivity contribution in [3.63, 3.8) is 0 Å². The largest absolute Gasteiger partial charge is 0.481 e. The number of hydrogen-bond donors (Lipinski definition) is 1. The van der Waals surface area contributed by atoms with Crippen molar-refractivity contribution in [3.8, 4) is 0 Å². The minimum absolute atomic E-state index is 0.00296. The summed E-state index contributed by atoms with van der Waals surface area (Å²) in [6.07, 6.45) is 6.47. The molecule has 4 fully saturated rings. The van der Waals surface area contributed by atoms with Crippen molar-refractivity contribution in [3.05, 3.63) is 11.6 Å². The van der Waals surface area contributed by atoms with Crippen molar-refractivity contribution in [1.82, 2.24) is 4.90 Å². The van der Waals surface area contributed by atoms with E-state index < -0.39 is 28.5 Å². The molecule has 4 bridgehead atoms. The average molecular weight is 488 g/mol. The third-order valence-electron chi connectivity index (χ3n) is 10.8. The Bertz CT molecular complexity index is 923. The van der Waals surface area contributed by atoms with Gasteiger partial charge in [0.15, 0.2) is 6.29 Å². The van der Waals surface area contributed by atoms with Crippen LogP contribution in [0, 0.1) is 45.8 Å². The van der Waals surface area contributed by atoms with Crippen LogP contribution in [0.15, 0.2) is 11.6 Å². The maximum atomic E-state index is 13.5. The summed E-state index contributed by atoms with van der Waals surface area (Å²) in [7, 11) is 0. The molecule has 4 aliphatic carbocycles. The lowest BCUT2D eigenvalue weighted by Crippen LogP contribution is -2.64. The Hall–Kier alpha value is -1.24. The topological polar surface area (TPSA) is 76.1 Å². The summed E-state index contributed by atoms with van der Waals surface area (Å²) in [5, 5.41) is 11.1. The molecular weight excluding hydrogens is 442 g/mol. The van der Waals surface area contributed by atoms with Crippen LogP contribution in [0.2, 0.25) is 0 Å². The zero-order valence-corrected chi connectivity index (χ0v) is 22.7. The SMILES string of the molecule is CC(C)C1=C[C@@H]2C[C@]3(C=O)[C@@H]4CC[C@@H](C)[C@H]4CC2(CO[C@H]2CN(C(C)(C)C)C[C@@H](C)O2)[C@]13C(=O)O. The van der Waals surface area contributed by atoms with Gasteiger partial charge in [0.05, 0.1) is 24.7 Å². The molecule has 1 saturated heterocycles. The van der Waals surface area contributed by atoms with Gasteiger partial charge in [-0.05, 0) is 76.5 Å². The third kappa shape index (κ3) is 3.18. The van der Waals surface area contributed by atoms with E-state index in [1.165, 1.54) is 0 Å². The monoisotopic (exact) mass is 487 g/mol. The molecule has 0 aromatic heterocycles. The van der Waals surface area contributed by atoms with Gasteiger partial charge in [-0.25, -0.2) is 0 Å². The highest BCUT2D eigenvalue weighted by Crippen LogP contribution is 2.82. The summed E-state index contributed by atoms with van der Waals surface area (Å²) in [5.74, 6) is 0.339. The van der Waals surface area contributed by atoms with Gasteiger partial charge in [-0.2, -0.15) is 0 Å². The highest BCUT2D eigenvalue weighted by atomic mass is 16.7. The van der Waals surface area contributed by atoms with Gasteiger partial charge in [0, 0.05) is 17.5 Å². The van der Waals surface area contributed by atoms with Gasteiger partial charge in [0.2, 0.25) is 0 Å². The van der Waals surface area contributed by atoms with Gasteiger partial charge in [-0.1, -0.05) is 38.8 Å². The zero-order valence-electron chi connectivity index (χ0n) is 22.7. The van der Waals surface area contributed by atoms with E-state index in [0.29, 0.717) is 31.4 Å². The van der Waals surface area contributed by atoms with Crippen LogP contribution in [0.1, 0.15) is 74.1 Å². The smallest absolute Gasteiger partial charge is 0.315 e. The Balaban J connectivity index is 1.55. The maximum Gasteiger partial charge on any atom is 0.315 e. The second-order valence-electron chi connectivity index (χ2n) is 13.7. The zero-order chi connectivity index (χ0) is 25.6. The molecule has 6 heteroatoms. The highest BCUT2D eigenvalue weighted by Gasteiger charge is 2.84. The molecule has 1 unspecified atom stereocenters. The summed E-state index contributed by atoms with van der Waals surface area (Å²) in [6.45, 7) is 17.0. The van der Waals surface area contributed by atoms with E-state index >= 15 is 0 Å². The minimum Gasteiger partial charge on any atom is -0.481 e. The number of carboxylic acid groups (broad SMARTS) is 1. The Labute approximate surface area is 210 Å². The fraction of sp³-hybridized carbons (Fsp3) is 0.862. The standard InChI is InChI=1S/C29H45NO5/c1-17(2)23-10-20-11-27(15-31)22-9-8-18(3)21(22)12-28(20,29(23,27)25(32)33)16-34-24-14-30(26(5,6)7)13-19(4)35-24/h10,15,17-22,24H,8-9,11-14,16H2,1-7H3,(H,32,33)/t18-,19-,20-,21-,22-,24-,27+,28?,29+/m1/s1. The Morgan fingerprint density at radius 3 is 2.57 bits per heavy atom. The second-order valence-corrected chi connectivity index (χ2v) is 13.7. The number of rotatable bonds is 6. The van der Waals surface area contributed by atoms with Crippen LogP contribution in [0.25, 0.3) is 0 Å². The molecule has 1 heterocycles. The first-order valence-electron chi connectivity index (χ1n) is 13.8. The first-order chi connectivity index (χ1) is 16.3. The molecule has 6 nitrogen and oxygen atoms in total. The Morgan fingerprint density at radius 2 is 1.97 bits per heavy atom. The number of aliphatic carboxylic acids is 1. The fourth-order valence-corrected chi connectivity index (χ4v) is 9.43. The van der Waals surface area contributed by atoms with Crippen LogP contribution in [-0.4, -0.2) is 59.9 Å².